The van der Waals surface area contributed by atoms with E-state index in [1.54, 1.807) is 0 Å². The normalized spacial score (nSPS) is 10.3. The maximum absolute atomic E-state index is 11.5. The Bertz CT molecular complexity index is 635. The van der Waals surface area contributed by atoms with E-state index in [0.717, 1.165) is 22.5 Å². The topological polar surface area (TPSA) is 94.0 Å². The van der Waals surface area contributed by atoms with E-state index < -0.39 is 5.91 Å². The fraction of sp³-hybridized carbons (Fsp3) is 0.200. The summed E-state index contributed by atoms with van der Waals surface area (Å²) in [6.45, 7) is 4.28. The highest BCUT2D eigenvalue weighted by atomic mass is 16.1. The Hall–Kier alpha value is -2.56. The first-order valence-corrected chi connectivity index (χ1v) is 6.33. The largest absolute Gasteiger partial charge is 0.399 e. The van der Waals surface area contributed by atoms with Gasteiger partial charge in [-0.15, -0.1) is 0 Å². The minimum absolute atomic E-state index is 0.436. The number of pyridine rings is 1. The van der Waals surface area contributed by atoms with E-state index in [1.807, 2.05) is 44.2 Å². The van der Waals surface area contributed by atoms with E-state index >= 15 is 0 Å². The van der Waals surface area contributed by atoms with Gasteiger partial charge in [0.1, 0.15) is 5.82 Å². The zero-order chi connectivity index (χ0) is 14.7. The molecule has 0 fully saturated rings. The number of nitrogens with two attached hydrogens (primary N) is 2. The molecule has 0 bridgehead atoms. The molecule has 0 saturated heterocycles. The molecule has 2 rings (SSSR count). The van der Waals surface area contributed by atoms with E-state index in [4.69, 9.17) is 11.5 Å². The number of nitrogens with zero attached hydrogens (tertiary/aromatic N) is 1. The number of amides is 1. The third-order valence-corrected chi connectivity index (χ3v) is 3.03. The maximum Gasteiger partial charge on any atom is 0.252 e. The molecule has 0 spiro atoms. The predicted octanol–water partition coefficient (Wildman–Crippen LogP) is 1.99. The Balaban J connectivity index is 2.24. The lowest BCUT2D eigenvalue weighted by Crippen LogP contribution is -2.17. The maximum atomic E-state index is 11.5. The molecule has 5 nitrogen and oxygen atoms in total. The van der Waals surface area contributed by atoms with Gasteiger partial charge in [0.25, 0.3) is 5.91 Å². The summed E-state index contributed by atoms with van der Waals surface area (Å²) in [5.41, 5.74) is 14.9. The number of carbonyl (C=O) groups is 1. The molecular formula is C15H18N4O. The number of hydrogen-bond acceptors (Lipinski definition) is 4. The average molecular weight is 270 g/mol. The molecule has 0 aliphatic carbocycles. The lowest BCUT2D eigenvalue weighted by Gasteiger charge is -2.12. The summed E-state index contributed by atoms with van der Waals surface area (Å²) in [6.07, 6.45) is 0. The Morgan fingerprint density at radius 2 is 1.90 bits per heavy atom. The predicted molar refractivity (Wildman–Crippen MR) is 80.4 cm³/mol. The first kappa shape index (κ1) is 13.9. The molecule has 0 radical (unpaired) electrons. The molecule has 0 atom stereocenters. The highest BCUT2D eigenvalue weighted by Crippen LogP contribution is 2.19. The van der Waals surface area contributed by atoms with Gasteiger partial charge >= 0.3 is 0 Å². The minimum Gasteiger partial charge on any atom is -0.399 e. The Labute approximate surface area is 118 Å². The van der Waals surface area contributed by atoms with Crippen molar-refractivity contribution in [2.45, 2.75) is 20.4 Å². The molecule has 0 aliphatic rings. The number of hydrogen-bond donors (Lipinski definition) is 3. The fourth-order valence-electron chi connectivity index (χ4n) is 2.10. The van der Waals surface area contributed by atoms with Crippen LogP contribution in [0.2, 0.25) is 0 Å². The number of rotatable bonds is 4. The van der Waals surface area contributed by atoms with Crippen molar-refractivity contribution < 1.29 is 4.79 Å². The number of primary amides is 1. The number of nitrogens with one attached hydrogen (secondary N) is 1. The van der Waals surface area contributed by atoms with E-state index in [2.05, 4.69) is 10.3 Å². The molecule has 5 N–H and O–H groups in total. The standard InChI is InChI=1S/C15H18N4O/c1-9-7-10(2)19-15(13(9)14(17)20)18-8-11-3-5-12(16)6-4-11/h3-7H,8,16H2,1-2H3,(H2,17,20)(H,18,19). The first-order chi connectivity index (χ1) is 9.47. The van der Waals surface area contributed by atoms with Crippen molar-refractivity contribution in [3.8, 4) is 0 Å². The number of carbonyl (C=O) groups excluding carboxylic acids is 1. The number of aromatic nitrogens is 1. The zero-order valence-electron chi connectivity index (χ0n) is 11.6. The third-order valence-electron chi connectivity index (χ3n) is 3.03. The van der Waals surface area contributed by atoms with Crippen LogP contribution in [0.4, 0.5) is 11.5 Å². The van der Waals surface area contributed by atoms with Crippen molar-refractivity contribution in [3.63, 3.8) is 0 Å². The monoisotopic (exact) mass is 270 g/mol. The highest BCUT2D eigenvalue weighted by Gasteiger charge is 2.13. The lowest BCUT2D eigenvalue weighted by atomic mass is 10.1. The van der Waals surface area contributed by atoms with Gasteiger partial charge in [-0.25, -0.2) is 4.98 Å². The summed E-state index contributed by atoms with van der Waals surface area (Å²) in [4.78, 5) is 15.9. The summed E-state index contributed by atoms with van der Waals surface area (Å²) in [5, 5.41) is 3.16. The van der Waals surface area contributed by atoms with Crippen LogP contribution in [0.25, 0.3) is 0 Å². The molecule has 0 saturated carbocycles. The first-order valence-electron chi connectivity index (χ1n) is 6.33. The van der Waals surface area contributed by atoms with Gasteiger partial charge in [0.15, 0.2) is 0 Å². The molecular weight excluding hydrogens is 252 g/mol. The number of nitrogen functional groups attached to an aromatic ring is 1. The molecule has 0 aliphatic heterocycles. The van der Waals surface area contributed by atoms with Gasteiger partial charge in [0.05, 0.1) is 5.56 Å². The second-order valence-corrected chi connectivity index (χ2v) is 4.76. The highest BCUT2D eigenvalue weighted by molar-refractivity contribution is 5.99. The van der Waals surface area contributed by atoms with Gasteiger partial charge in [0.2, 0.25) is 0 Å². The van der Waals surface area contributed by atoms with Crippen molar-refractivity contribution in [3.05, 3.63) is 52.7 Å². The minimum atomic E-state index is -0.477. The average Bonchev–Trinajstić information content (AvgIpc) is 2.36. The van der Waals surface area contributed by atoms with Crippen LogP contribution in [0.5, 0.6) is 0 Å². The SMILES string of the molecule is Cc1cc(C)c(C(N)=O)c(NCc2ccc(N)cc2)n1. The Kier molecular flexibility index (Phi) is 3.89. The summed E-state index contributed by atoms with van der Waals surface area (Å²) in [5.74, 6) is 0.0432. The summed E-state index contributed by atoms with van der Waals surface area (Å²) < 4.78 is 0. The number of benzene rings is 1. The molecule has 1 aromatic carbocycles. The molecule has 104 valence electrons. The lowest BCUT2D eigenvalue weighted by molar-refractivity contribution is 0.1000. The van der Waals surface area contributed by atoms with Crippen molar-refractivity contribution in [1.29, 1.82) is 0 Å². The van der Waals surface area contributed by atoms with Crippen LogP contribution in [0.1, 0.15) is 27.2 Å². The van der Waals surface area contributed by atoms with Gasteiger partial charge in [0, 0.05) is 17.9 Å². The third kappa shape index (κ3) is 3.06. The van der Waals surface area contributed by atoms with E-state index in [9.17, 15) is 4.79 Å². The van der Waals surface area contributed by atoms with Crippen LogP contribution >= 0.6 is 0 Å². The van der Waals surface area contributed by atoms with Gasteiger partial charge in [-0.05, 0) is 43.2 Å². The quantitative estimate of drug-likeness (QED) is 0.740. The van der Waals surface area contributed by atoms with Crippen LogP contribution in [-0.4, -0.2) is 10.9 Å². The second kappa shape index (κ2) is 5.61. The van der Waals surface area contributed by atoms with Crippen molar-refractivity contribution in [2.24, 2.45) is 5.73 Å². The van der Waals surface area contributed by atoms with E-state index in [0.29, 0.717) is 17.9 Å². The Morgan fingerprint density at radius 3 is 2.50 bits per heavy atom. The molecule has 1 aromatic heterocycles. The van der Waals surface area contributed by atoms with Gasteiger partial charge in [-0.3, -0.25) is 4.79 Å². The summed E-state index contributed by atoms with van der Waals surface area (Å²) >= 11 is 0. The molecule has 5 heteroatoms. The van der Waals surface area contributed by atoms with Crippen molar-refractivity contribution >= 4 is 17.4 Å². The van der Waals surface area contributed by atoms with Crippen LogP contribution in [0.15, 0.2) is 30.3 Å². The molecule has 20 heavy (non-hydrogen) atoms. The van der Waals surface area contributed by atoms with Crippen LogP contribution in [-0.2, 0) is 6.54 Å². The van der Waals surface area contributed by atoms with Crippen LogP contribution < -0.4 is 16.8 Å². The summed E-state index contributed by atoms with van der Waals surface area (Å²) in [6, 6.07) is 9.36. The van der Waals surface area contributed by atoms with Crippen LogP contribution in [0.3, 0.4) is 0 Å². The molecule has 2 aromatic rings. The van der Waals surface area contributed by atoms with Crippen LogP contribution in [0, 0.1) is 13.8 Å². The van der Waals surface area contributed by atoms with Gasteiger partial charge < -0.3 is 16.8 Å². The van der Waals surface area contributed by atoms with Gasteiger partial charge in [-0.2, -0.15) is 0 Å². The second-order valence-electron chi connectivity index (χ2n) is 4.76. The fourth-order valence-corrected chi connectivity index (χ4v) is 2.10. The smallest absolute Gasteiger partial charge is 0.252 e. The van der Waals surface area contributed by atoms with E-state index in [-0.39, 0.29) is 0 Å². The van der Waals surface area contributed by atoms with Crippen molar-refractivity contribution in [2.75, 3.05) is 11.1 Å². The van der Waals surface area contributed by atoms with Crippen molar-refractivity contribution in [1.82, 2.24) is 4.98 Å². The number of aryl methyl sites for hydroxylation is 2. The van der Waals surface area contributed by atoms with Gasteiger partial charge in [-0.1, -0.05) is 12.1 Å². The Morgan fingerprint density at radius 1 is 1.25 bits per heavy atom. The molecule has 1 amide bonds. The van der Waals surface area contributed by atoms with E-state index in [1.165, 1.54) is 0 Å². The molecule has 1 heterocycles. The number of anilines is 2. The summed E-state index contributed by atoms with van der Waals surface area (Å²) in [7, 11) is 0. The zero-order valence-corrected chi connectivity index (χ0v) is 11.6. The molecule has 0 unspecified atom stereocenters.